The number of nitrogens with zero attached hydrogens (tertiary/aromatic N) is 1. The Balaban J connectivity index is 2.47. The average molecular weight is 326 g/mol. The Morgan fingerprint density at radius 3 is 2.74 bits per heavy atom. The molecule has 19 heavy (non-hydrogen) atoms. The van der Waals surface area contributed by atoms with Gasteiger partial charge in [0, 0.05) is 24.8 Å². The SMILES string of the molecule is CCCCN(CCBr)C(=O)CCc1cccc(C)c1. The normalized spacial score (nSPS) is 10.5. The number of benzene rings is 1. The molecule has 0 fully saturated rings. The second kappa shape index (κ2) is 9.13. The number of hydrogen-bond donors (Lipinski definition) is 0. The van der Waals surface area contributed by atoms with Crippen molar-refractivity contribution in [3.63, 3.8) is 0 Å². The van der Waals surface area contributed by atoms with Crippen LogP contribution in [0.3, 0.4) is 0 Å². The molecule has 0 aliphatic rings. The van der Waals surface area contributed by atoms with Crippen molar-refractivity contribution in [2.24, 2.45) is 0 Å². The van der Waals surface area contributed by atoms with Gasteiger partial charge in [0.05, 0.1) is 0 Å². The van der Waals surface area contributed by atoms with Crippen LogP contribution in [0.15, 0.2) is 24.3 Å². The third-order valence-corrected chi connectivity index (χ3v) is 3.55. The second-order valence-electron chi connectivity index (χ2n) is 4.91. The minimum absolute atomic E-state index is 0.273. The number of unbranched alkanes of at least 4 members (excludes halogenated alkanes) is 1. The summed E-state index contributed by atoms with van der Waals surface area (Å²) in [5, 5.41) is 0.854. The Labute approximate surface area is 125 Å². The van der Waals surface area contributed by atoms with Crippen LogP contribution in [0.1, 0.15) is 37.3 Å². The van der Waals surface area contributed by atoms with Crippen LogP contribution in [-0.4, -0.2) is 29.2 Å². The van der Waals surface area contributed by atoms with Gasteiger partial charge in [0.15, 0.2) is 0 Å². The van der Waals surface area contributed by atoms with Gasteiger partial charge in [-0.05, 0) is 25.3 Å². The molecule has 1 aromatic rings. The summed E-state index contributed by atoms with van der Waals surface area (Å²) < 4.78 is 0. The van der Waals surface area contributed by atoms with Crippen LogP contribution < -0.4 is 0 Å². The van der Waals surface area contributed by atoms with E-state index in [4.69, 9.17) is 0 Å². The standard InChI is InChI=1S/C16H24BrNO/c1-3-4-11-18(12-10-17)16(19)9-8-15-7-5-6-14(2)13-15/h5-7,13H,3-4,8-12H2,1-2H3. The Morgan fingerprint density at radius 1 is 1.32 bits per heavy atom. The Morgan fingerprint density at radius 2 is 2.11 bits per heavy atom. The number of carbonyl (C=O) groups is 1. The van der Waals surface area contributed by atoms with Gasteiger partial charge in [-0.15, -0.1) is 0 Å². The number of halogens is 1. The van der Waals surface area contributed by atoms with Crippen LogP contribution in [0.5, 0.6) is 0 Å². The molecule has 0 saturated carbocycles. The van der Waals surface area contributed by atoms with Crippen LogP contribution in [0, 0.1) is 6.92 Å². The molecule has 0 saturated heterocycles. The van der Waals surface area contributed by atoms with Gasteiger partial charge in [0.2, 0.25) is 5.91 Å². The lowest BCUT2D eigenvalue weighted by molar-refractivity contribution is -0.131. The average Bonchev–Trinajstić information content (AvgIpc) is 2.41. The lowest BCUT2D eigenvalue weighted by atomic mass is 10.1. The van der Waals surface area contributed by atoms with Gasteiger partial charge < -0.3 is 4.90 Å². The minimum atomic E-state index is 0.273. The van der Waals surface area contributed by atoms with Gasteiger partial charge in [0.1, 0.15) is 0 Å². The van der Waals surface area contributed by atoms with Crippen molar-refractivity contribution >= 4 is 21.8 Å². The molecular weight excluding hydrogens is 302 g/mol. The highest BCUT2D eigenvalue weighted by atomic mass is 79.9. The predicted octanol–water partition coefficient (Wildman–Crippen LogP) is 3.95. The molecule has 1 amide bonds. The molecule has 106 valence electrons. The van der Waals surface area contributed by atoms with Crippen LogP contribution in [-0.2, 0) is 11.2 Å². The van der Waals surface area contributed by atoms with E-state index in [1.807, 2.05) is 4.90 Å². The summed E-state index contributed by atoms with van der Waals surface area (Å²) in [6.45, 7) is 5.94. The molecular formula is C16H24BrNO. The molecule has 0 aliphatic carbocycles. The number of rotatable bonds is 8. The second-order valence-corrected chi connectivity index (χ2v) is 5.71. The molecule has 0 unspecified atom stereocenters. The number of hydrogen-bond acceptors (Lipinski definition) is 1. The highest BCUT2D eigenvalue weighted by Crippen LogP contribution is 2.09. The summed E-state index contributed by atoms with van der Waals surface area (Å²) in [6, 6.07) is 8.40. The van der Waals surface area contributed by atoms with E-state index in [1.165, 1.54) is 11.1 Å². The zero-order valence-corrected chi connectivity index (χ0v) is 13.6. The molecule has 0 spiro atoms. The summed E-state index contributed by atoms with van der Waals surface area (Å²) in [4.78, 5) is 14.2. The molecule has 1 aromatic carbocycles. The summed E-state index contributed by atoms with van der Waals surface area (Å²) >= 11 is 3.42. The van der Waals surface area contributed by atoms with E-state index in [-0.39, 0.29) is 5.91 Å². The monoisotopic (exact) mass is 325 g/mol. The molecule has 2 nitrogen and oxygen atoms in total. The summed E-state index contributed by atoms with van der Waals surface area (Å²) in [5.74, 6) is 0.273. The first-order valence-corrected chi connectivity index (χ1v) is 8.18. The Hall–Kier alpha value is -0.830. The van der Waals surface area contributed by atoms with E-state index in [2.05, 4.69) is 54.0 Å². The van der Waals surface area contributed by atoms with Crippen LogP contribution in [0.2, 0.25) is 0 Å². The molecule has 0 N–H and O–H groups in total. The molecule has 0 radical (unpaired) electrons. The highest BCUT2D eigenvalue weighted by molar-refractivity contribution is 9.09. The van der Waals surface area contributed by atoms with Gasteiger partial charge in [0.25, 0.3) is 0 Å². The first kappa shape index (κ1) is 16.2. The first-order valence-electron chi connectivity index (χ1n) is 7.06. The number of alkyl halides is 1. The lowest BCUT2D eigenvalue weighted by Gasteiger charge is -2.21. The zero-order valence-electron chi connectivity index (χ0n) is 12.0. The molecule has 0 aliphatic heterocycles. The molecule has 0 bridgehead atoms. The smallest absolute Gasteiger partial charge is 0.222 e. The fourth-order valence-corrected chi connectivity index (χ4v) is 2.52. The third kappa shape index (κ3) is 6.24. The van der Waals surface area contributed by atoms with E-state index in [1.54, 1.807) is 0 Å². The van der Waals surface area contributed by atoms with Crippen molar-refractivity contribution in [1.82, 2.24) is 4.90 Å². The fraction of sp³-hybridized carbons (Fsp3) is 0.562. The third-order valence-electron chi connectivity index (χ3n) is 3.20. The zero-order chi connectivity index (χ0) is 14.1. The fourth-order valence-electron chi connectivity index (χ4n) is 2.09. The summed E-state index contributed by atoms with van der Waals surface area (Å²) in [5.41, 5.74) is 2.51. The molecule has 1 rings (SSSR count). The molecule has 3 heteroatoms. The predicted molar refractivity (Wildman–Crippen MR) is 84.8 cm³/mol. The van der Waals surface area contributed by atoms with Crippen LogP contribution in [0.4, 0.5) is 0 Å². The van der Waals surface area contributed by atoms with Crippen molar-refractivity contribution in [1.29, 1.82) is 0 Å². The molecule has 0 heterocycles. The van der Waals surface area contributed by atoms with Crippen molar-refractivity contribution in [2.75, 3.05) is 18.4 Å². The maximum atomic E-state index is 12.2. The van der Waals surface area contributed by atoms with Gasteiger partial charge in [-0.2, -0.15) is 0 Å². The molecule has 0 aromatic heterocycles. The minimum Gasteiger partial charge on any atom is -0.342 e. The lowest BCUT2D eigenvalue weighted by Crippen LogP contribution is -2.33. The summed E-state index contributed by atoms with van der Waals surface area (Å²) in [6.07, 6.45) is 3.67. The van der Waals surface area contributed by atoms with Crippen LogP contribution in [0.25, 0.3) is 0 Å². The van der Waals surface area contributed by atoms with Crippen molar-refractivity contribution in [3.8, 4) is 0 Å². The van der Waals surface area contributed by atoms with E-state index in [0.717, 1.165) is 37.7 Å². The Bertz CT molecular complexity index is 392. The summed E-state index contributed by atoms with van der Waals surface area (Å²) in [7, 11) is 0. The number of amides is 1. The van der Waals surface area contributed by atoms with Gasteiger partial charge in [-0.25, -0.2) is 0 Å². The van der Waals surface area contributed by atoms with Crippen molar-refractivity contribution < 1.29 is 4.79 Å². The van der Waals surface area contributed by atoms with E-state index < -0.39 is 0 Å². The van der Waals surface area contributed by atoms with E-state index in [0.29, 0.717) is 6.42 Å². The van der Waals surface area contributed by atoms with Crippen LogP contribution >= 0.6 is 15.9 Å². The topological polar surface area (TPSA) is 20.3 Å². The van der Waals surface area contributed by atoms with E-state index >= 15 is 0 Å². The highest BCUT2D eigenvalue weighted by Gasteiger charge is 2.12. The maximum Gasteiger partial charge on any atom is 0.222 e. The van der Waals surface area contributed by atoms with Gasteiger partial charge in [-0.3, -0.25) is 4.79 Å². The van der Waals surface area contributed by atoms with Crippen molar-refractivity contribution in [3.05, 3.63) is 35.4 Å². The first-order chi connectivity index (χ1) is 9.17. The number of carbonyl (C=O) groups excluding carboxylic acids is 1. The molecule has 0 atom stereocenters. The maximum absolute atomic E-state index is 12.2. The van der Waals surface area contributed by atoms with Crippen molar-refractivity contribution in [2.45, 2.75) is 39.5 Å². The van der Waals surface area contributed by atoms with E-state index in [9.17, 15) is 4.79 Å². The number of aryl methyl sites for hydroxylation is 2. The largest absolute Gasteiger partial charge is 0.342 e. The van der Waals surface area contributed by atoms with Gasteiger partial charge >= 0.3 is 0 Å². The van der Waals surface area contributed by atoms with Gasteiger partial charge in [-0.1, -0.05) is 59.1 Å². The quantitative estimate of drug-likeness (QED) is 0.663. The Kier molecular flexibility index (Phi) is 7.80.